The van der Waals surface area contributed by atoms with Crippen molar-refractivity contribution in [3.63, 3.8) is 0 Å². The Morgan fingerprint density at radius 3 is 3.25 bits per heavy atom. The molecule has 16 heavy (non-hydrogen) atoms. The minimum absolute atomic E-state index is 0.0675. The predicted molar refractivity (Wildman–Crippen MR) is 57.2 cm³/mol. The summed E-state index contributed by atoms with van der Waals surface area (Å²) < 4.78 is 11.1. The molecule has 1 N–H and O–H groups in total. The van der Waals surface area contributed by atoms with Crippen LogP contribution in [0.3, 0.4) is 0 Å². The first-order valence-corrected chi connectivity index (χ1v) is 5.82. The molecule has 1 aliphatic heterocycles. The second-order valence-electron chi connectivity index (χ2n) is 4.38. The Bertz CT molecular complexity index is 366. The zero-order chi connectivity index (χ0) is 11.0. The number of hydrogen-bond acceptors (Lipinski definition) is 5. The Hall–Kier alpha value is -1.07. The number of aromatic nitrogens is 1. The summed E-state index contributed by atoms with van der Waals surface area (Å²) in [6.45, 7) is 1.49. The molecule has 0 aromatic carbocycles. The maximum absolute atomic E-state index is 8.97. The first-order valence-electron chi connectivity index (χ1n) is 5.82. The van der Waals surface area contributed by atoms with Crippen molar-refractivity contribution < 1.29 is 14.3 Å². The van der Waals surface area contributed by atoms with E-state index >= 15 is 0 Å². The van der Waals surface area contributed by atoms with Crippen LogP contribution in [0.5, 0.6) is 0 Å². The number of oxazole rings is 1. The molecule has 88 valence electrons. The van der Waals surface area contributed by atoms with Gasteiger partial charge in [0.1, 0.15) is 12.0 Å². The average molecular weight is 224 g/mol. The number of nitrogens with zero attached hydrogens (tertiary/aromatic N) is 2. The van der Waals surface area contributed by atoms with Gasteiger partial charge in [0.25, 0.3) is 6.01 Å². The highest BCUT2D eigenvalue weighted by molar-refractivity contribution is 5.31. The molecule has 0 spiro atoms. The highest BCUT2D eigenvalue weighted by Crippen LogP contribution is 2.32. The number of aliphatic hydroxyl groups excluding tert-OH is 1. The standard InChI is InChI=1S/C11H16N2O3/c14-6-8-7-16-11(12-8)13-4-5-15-10-3-1-2-9(10)13/h7,9-10,14H,1-6H2. The molecule has 2 unspecified atom stereocenters. The molecule has 5 nitrogen and oxygen atoms in total. The molecule has 5 heteroatoms. The molecule has 1 saturated carbocycles. The zero-order valence-electron chi connectivity index (χ0n) is 9.13. The summed E-state index contributed by atoms with van der Waals surface area (Å²) in [5.74, 6) is 0. The monoisotopic (exact) mass is 224 g/mol. The Morgan fingerprint density at radius 2 is 2.44 bits per heavy atom. The van der Waals surface area contributed by atoms with Gasteiger partial charge in [-0.25, -0.2) is 0 Å². The van der Waals surface area contributed by atoms with Gasteiger partial charge >= 0.3 is 0 Å². The molecule has 0 bridgehead atoms. The molecule has 2 atom stereocenters. The number of morpholine rings is 1. The quantitative estimate of drug-likeness (QED) is 0.809. The topological polar surface area (TPSA) is 58.7 Å². The van der Waals surface area contributed by atoms with Gasteiger partial charge in [-0.05, 0) is 19.3 Å². The number of rotatable bonds is 2. The van der Waals surface area contributed by atoms with E-state index in [0.717, 1.165) is 26.0 Å². The van der Waals surface area contributed by atoms with Crippen molar-refractivity contribution in [1.82, 2.24) is 4.98 Å². The number of aliphatic hydroxyl groups is 1. The van der Waals surface area contributed by atoms with E-state index in [-0.39, 0.29) is 6.61 Å². The second kappa shape index (κ2) is 4.07. The minimum Gasteiger partial charge on any atom is -0.432 e. The largest absolute Gasteiger partial charge is 0.432 e. The van der Waals surface area contributed by atoms with Gasteiger partial charge in [-0.15, -0.1) is 0 Å². The number of anilines is 1. The Morgan fingerprint density at radius 1 is 1.50 bits per heavy atom. The van der Waals surface area contributed by atoms with Crippen LogP contribution in [0.25, 0.3) is 0 Å². The summed E-state index contributed by atoms with van der Waals surface area (Å²) in [5.41, 5.74) is 0.594. The van der Waals surface area contributed by atoms with Gasteiger partial charge in [0.2, 0.25) is 0 Å². The number of ether oxygens (including phenoxy) is 1. The Kier molecular flexibility index (Phi) is 2.57. The number of hydrogen-bond donors (Lipinski definition) is 1. The van der Waals surface area contributed by atoms with Crippen molar-refractivity contribution >= 4 is 6.01 Å². The lowest BCUT2D eigenvalue weighted by Crippen LogP contribution is -2.48. The Balaban J connectivity index is 1.82. The van der Waals surface area contributed by atoms with Crippen LogP contribution in [0.4, 0.5) is 6.01 Å². The van der Waals surface area contributed by atoms with Crippen LogP contribution in [0.2, 0.25) is 0 Å². The van der Waals surface area contributed by atoms with Crippen LogP contribution < -0.4 is 4.90 Å². The Labute approximate surface area is 94.0 Å². The van der Waals surface area contributed by atoms with Gasteiger partial charge in [0.15, 0.2) is 0 Å². The molecule has 1 saturated heterocycles. The van der Waals surface area contributed by atoms with Gasteiger partial charge in [-0.3, -0.25) is 0 Å². The lowest BCUT2D eigenvalue weighted by molar-refractivity contribution is 0.0236. The van der Waals surface area contributed by atoms with Crippen LogP contribution in [-0.4, -0.2) is 35.4 Å². The predicted octanol–water partition coefficient (Wildman–Crippen LogP) is 0.925. The summed E-state index contributed by atoms with van der Waals surface area (Å²) in [5, 5.41) is 8.97. The SMILES string of the molecule is OCc1coc(N2CCOC3CCCC32)n1. The maximum Gasteiger partial charge on any atom is 0.297 e. The molecule has 0 radical (unpaired) electrons. The fourth-order valence-corrected chi connectivity index (χ4v) is 2.66. The third kappa shape index (κ3) is 1.60. The van der Waals surface area contributed by atoms with Crippen molar-refractivity contribution in [1.29, 1.82) is 0 Å². The first kappa shape index (κ1) is 10.1. The smallest absolute Gasteiger partial charge is 0.297 e. The fourth-order valence-electron chi connectivity index (χ4n) is 2.66. The van der Waals surface area contributed by atoms with Gasteiger partial charge in [-0.1, -0.05) is 0 Å². The van der Waals surface area contributed by atoms with Crippen molar-refractivity contribution in [2.24, 2.45) is 0 Å². The van der Waals surface area contributed by atoms with E-state index < -0.39 is 0 Å². The molecular formula is C11H16N2O3. The number of fused-ring (bicyclic) bond motifs is 1. The van der Waals surface area contributed by atoms with Gasteiger partial charge in [0, 0.05) is 6.54 Å². The van der Waals surface area contributed by atoms with E-state index in [0.29, 0.717) is 23.9 Å². The van der Waals surface area contributed by atoms with Crippen molar-refractivity contribution in [3.8, 4) is 0 Å². The van der Waals surface area contributed by atoms with Crippen LogP contribution in [0.15, 0.2) is 10.7 Å². The van der Waals surface area contributed by atoms with E-state index in [1.165, 1.54) is 12.7 Å². The fraction of sp³-hybridized carbons (Fsp3) is 0.727. The van der Waals surface area contributed by atoms with E-state index in [9.17, 15) is 0 Å². The summed E-state index contributed by atoms with van der Waals surface area (Å²) >= 11 is 0. The van der Waals surface area contributed by atoms with Crippen molar-refractivity contribution in [2.75, 3.05) is 18.1 Å². The van der Waals surface area contributed by atoms with E-state index in [2.05, 4.69) is 9.88 Å². The second-order valence-corrected chi connectivity index (χ2v) is 4.38. The summed E-state index contributed by atoms with van der Waals surface area (Å²) in [4.78, 5) is 6.45. The van der Waals surface area contributed by atoms with Crippen molar-refractivity contribution in [2.45, 2.75) is 38.0 Å². The maximum atomic E-state index is 8.97. The third-order valence-corrected chi connectivity index (χ3v) is 3.43. The molecule has 2 aliphatic rings. The van der Waals surface area contributed by atoms with Gasteiger partial charge in [-0.2, -0.15) is 4.98 Å². The lowest BCUT2D eigenvalue weighted by Gasteiger charge is -2.36. The van der Waals surface area contributed by atoms with Gasteiger partial charge < -0.3 is 19.2 Å². The molecule has 2 heterocycles. The zero-order valence-corrected chi connectivity index (χ0v) is 9.13. The van der Waals surface area contributed by atoms with Crippen LogP contribution in [0.1, 0.15) is 25.0 Å². The van der Waals surface area contributed by atoms with Crippen LogP contribution >= 0.6 is 0 Å². The first-order chi connectivity index (χ1) is 7.88. The molecular weight excluding hydrogens is 208 g/mol. The van der Waals surface area contributed by atoms with E-state index in [1.54, 1.807) is 0 Å². The summed E-state index contributed by atoms with van der Waals surface area (Å²) in [7, 11) is 0. The van der Waals surface area contributed by atoms with Crippen molar-refractivity contribution in [3.05, 3.63) is 12.0 Å². The molecule has 0 amide bonds. The molecule has 2 fully saturated rings. The minimum atomic E-state index is -0.0675. The highest BCUT2D eigenvalue weighted by Gasteiger charge is 2.37. The average Bonchev–Trinajstić information content (AvgIpc) is 2.97. The molecule has 1 aromatic heterocycles. The lowest BCUT2D eigenvalue weighted by atomic mass is 10.1. The van der Waals surface area contributed by atoms with Crippen LogP contribution in [0, 0.1) is 0 Å². The molecule has 1 aliphatic carbocycles. The van der Waals surface area contributed by atoms with Gasteiger partial charge in [0.05, 0.1) is 25.4 Å². The normalized spacial score (nSPS) is 29.4. The third-order valence-electron chi connectivity index (χ3n) is 3.43. The van der Waals surface area contributed by atoms with Crippen LogP contribution in [-0.2, 0) is 11.3 Å². The molecule has 3 rings (SSSR count). The summed E-state index contributed by atoms with van der Waals surface area (Å²) in [6, 6.07) is 1.03. The van der Waals surface area contributed by atoms with E-state index in [1.807, 2.05) is 0 Å². The molecule has 1 aromatic rings. The summed E-state index contributed by atoms with van der Waals surface area (Å²) in [6.07, 6.45) is 5.34. The highest BCUT2D eigenvalue weighted by atomic mass is 16.5. The van der Waals surface area contributed by atoms with E-state index in [4.69, 9.17) is 14.3 Å².